The Morgan fingerprint density at radius 2 is 1.10 bits per heavy atom. The number of fused-ring (bicyclic) bond motifs is 1. The van der Waals surface area contributed by atoms with Gasteiger partial charge in [-0.05, 0) is 59.3 Å². The van der Waals surface area contributed by atoms with Crippen molar-refractivity contribution in [3.63, 3.8) is 0 Å². The summed E-state index contributed by atoms with van der Waals surface area (Å²) in [5.74, 6) is 4.96. The van der Waals surface area contributed by atoms with E-state index in [0.29, 0.717) is 13.5 Å². The zero-order valence-corrected chi connectivity index (χ0v) is 22.2. The molecule has 6 aromatic rings. The third-order valence-corrected chi connectivity index (χ3v) is 12.4. The molecule has 0 bridgehead atoms. The van der Waals surface area contributed by atoms with E-state index in [0.717, 1.165) is 56.8 Å². The molecular weight excluding hydrogens is 537 g/mol. The van der Waals surface area contributed by atoms with Crippen LogP contribution in [0.2, 0.25) is 0 Å². The summed E-state index contributed by atoms with van der Waals surface area (Å²) >= 11 is 0. The second-order valence-corrected chi connectivity index (χ2v) is 13.2. The van der Waals surface area contributed by atoms with E-state index < -0.39 is 18.9 Å². The van der Waals surface area contributed by atoms with E-state index in [4.69, 9.17) is 23.9 Å². The SMILES string of the molecule is c1cc2c3c(c1)Oc1ccc4c5ccc6c7c5p5c4c1C3(NCO2)[n+]1cnc[n+](c1-5)C71NCOc2cccc(c21)O6. The molecule has 2 N–H and O–H groups in total. The molecule has 0 amide bonds. The summed E-state index contributed by atoms with van der Waals surface area (Å²) < 4.78 is 30.3. The van der Waals surface area contributed by atoms with Crippen molar-refractivity contribution in [2.45, 2.75) is 11.3 Å². The summed E-state index contributed by atoms with van der Waals surface area (Å²) in [6, 6.07) is 20.8. The first-order valence-electron chi connectivity index (χ1n) is 13.7. The van der Waals surface area contributed by atoms with Crippen LogP contribution in [0.25, 0.3) is 26.6 Å². The Kier molecular flexibility index (Phi) is 3.03. The largest absolute Gasteiger partial charge is 0.477 e. The number of rotatable bonds is 0. The van der Waals surface area contributed by atoms with Gasteiger partial charge in [-0.2, -0.15) is 0 Å². The smallest absolute Gasteiger partial charge is 0.368 e. The van der Waals surface area contributed by atoms with Crippen molar-refractivity contribution < 1.29 is 28.1 Å². The maximum Gasteiger partial charge on any atom is 0.368 e. The molecule has 12 rings (SSSR count). The van der Waals surface area contributed by atoms with Gasteiger partial charge < -0.3 is 18.9 Å². The van der Waals surface area contributed by atoms with Crippen molar-refractivity contribution in [1.82, 2.24) is 15.6 Å². The highest BCUT2D eigenvalue weighted by molar-refractivity contribution is 7.67. The lowest BCUT2D eigenvalue weighted by molar-refractivity contribution is -0.856. The number of benzene rings is 4. The lowest BCUT2D eigenvalue weighted by atomic mass is 9.84. The van der Waals surface area contributed by atoms with E-state index >= 15 is 0 Å². The van der Waals surface area contributed by atoms with Gasteiger partial charge >= 0.3 is 18.2 Å². The van der Waals surface area contributed by atoms with E-state index in [1.54, 1.807) is 0 Å². The van der Waals surface area contributed by atoms with Crippen LogP contribution in [0.1, 0.15) is 22.3 Å². The van der Waals surface area contributed by atoms with Crippen molar-refractivity contribution >= 4 is 28.5 Å². The average molecular weight is 555 g/mol. The van der Waals surface area contributed by atoms with Crippen molar-refractivity contribution in [2.24, 2.45) is 0 Å². The third-order valence-electron chi connectivity index (χ3n) is 9.71. The van der Waals surface area contributed by atoms with E-state index in [1.807, 2.05) is 49.1 Å². The molecule has 0 saturated carbocycles. The van der Waals surface area contributed by atoms with Crippen molar-refractivity contribution in [3.8, 4) is 40.1 Å². The fourth-order valence-corrected chi connectivity index (χ4v) is 11.7. The molecule has 2 aromatic heterocycles. The number of hydrogen-bond acceptors (Lipinski definition) is 7. The first-order chi connectivity index (χ1) is 20.3. The Balaban J connectivity index is 1.40. The molecule has 2 atom stereocenters. The zero-order chi connectivity index (χ0) is 26.2. The Hall–Kier alpha value is -4.69. The normalized spacial score (nSPS) is 24.1. The van der Waals surface area contributed by atoms with E-state index in [-0.39, 0.29) is 0 Å². The fraction of sp³-hybridized carbons (Fsp3) is 0.129. The quantitative estimate of drug-likeness (QED) is 0.273. The summed E-state index contributed by atoms with van der Waals surface area (Å²) in [6.07, 6.45) is 3.96. The Labute approximate surface area is 232 Å². The molecule has 6 aliphatic heterocycles. The minimum atomic E-state index is -0.967. The maximum atomic E-state index is 6.64. The van der Waals surface area contributed by atoms with Crippen molar-refractivity contribution in [3.05, 3.63) is 95.6 Å². The van der Waals surface area contributed by atoms with Crippen LogP contribution in [0.5, 0.6) is 34.5 Å². The first kappa shape index (κ1) is 20.2. The van der Waals surface area contributed by atoms with Gasteiger partial charge in [0.1, 0.15) is 59.1 Å². The average Bonchev–Trinajstić information content (AvgIpc) is 3.35. The standard InChI is InChI=1S/C31H18N5O4P/c1-3-17-23-19(5-1)39-21-9-7-15-16-8-10-22-26-28(16)41-27(15)25(21)30(23,33-13-37-17)35-11-32-12-36(29(35)41)31(26)24-18(38-14-34-31)4-2-6-20(24)40-22/h1-12,33-34H,13-14H2/q+2. The summed E-state index contributed by atoms with van der Waals surface area (Å²) in [4.78, 5) is 4.93. The number of ether oxygens (including phenoxy) is 4. The Morgan fingerprint density at radius 1 is 0.610 bits per heavy atom. The predicted octanol–water partition coefficient (Wildman–Crippen LogP) is 4.15. The molecule has 2 unspecified atom stereocenters. The van der Waals surface area contributed by atoms with Crippen LogP contribution in [0.15, 0.2) is 73.3 Å². The second kappa shape index (κ2) is 6.14. The molecule has 0 aliphatic carbocycles. The molecular formula is C31H18N5O4P+2. The van der Waals surface area contributed by atoms with E-state index in [2.05, 4.69) is 44.0 Å². The van der Waals surface area contributed by atoms with Crippen LogP contribution in [0.3, 0.4) is 0 Å². The fourth-order valence-electron chi connectivity index (χ4n) is 8.37. The number of aromatic nitrogens is 3. The number of hydrogen-bond donors (Lipinski definition) is 2. The minimum Gasteiger partial charge on any atom is -0.477 e. The molecule has 2 spiro atoms. The van der Waals surface area contributed by atoms with Crippen LogP contribution in [0, 0.1) is 0 Å². The molecule has 194 valence electrons. The number of nitrogens with zero attached hydrogens (tertiary/aromatic N) is 3. The summed E-state index contributed by atoms with van der Waals surface area (Å²) in [5.41, 5.74) is 3.97. The lowest BCUT2D eigenvalue weighted by Gasteiger charge is -2.45. The molecule has 0 radical (unpaired) electrons. The highest BCUT2D eigenvalue weighted by Crippen LogP contribution is 2.68. The first-order valence-corrected chi connectivity index (χ1v) is 15.0. The molecule has 4 aromatic carbocycles. The van der Waals surface area contributed by atoms with Crippen molar-refractivity contribution in [1.29, 1.82) is 0 Å². The topological polar surface area (TPSA) is 81.6 Å². The molecule has 10 heteroatoms. The third kappa shape index (κ3) is 1.86. The molecule has 0 fully saturated rings. The van der Waals surface area contributed by atoms with Gasteiger partial charge in [-0.15, -0.1) is 9.13 Å². The minimum absolute atomic E-state index is 0.360. The van der Waals surface area contributed by atoms with Crippen LogP contribution in [-0.4, -0.2) is 18.4 Å². The summed E-state index contributed by atoms with van der Waals surface area (Å²) in [6.45, 7) is 0.721. The van der Waals surface area contributed by atoms with Gasteiger partial charge in [-0.3, -0.25) is 0 Å². The van der Waals surface area contributed by atoms with Gasteiger partial charge in [0.25, 0.3) is 11.3 Å². The van der Waals surface area contributed by atoms with Crippen LogP contribution < -0.4 is 38.7 Å². The second-order valence-electron chi connectivity index (χ2n) is 11.2. The lowest BCUT2D eigenvalue weighted by Crippen LogP contribution is -2.78. The van der Waals surface area contributed by atoms with Crippen molar-refractivity contribution in [2.75, 3.05) is 13.5 Å². The van der Waals surface area contributed by atoms with Gasteiger partial charge in [0.05, 0.1) is 16.1 Å². The van der Waals surface area contributed by atoms with Gasteiger partial charge in [-0.1, -0.05) is 12.1 Å². The maximum absolute atomic E-state index is 6.64. The molecule has 6 aliphatic rings. The van der Waals surface area contributed by atoms with Crippen LogP contribution >= 0.6 is 7.53 Å². The zero-order valence-electron chi connectivity index (χ0n) is 21.3. The predicted molar refractivity (Wildman–Crippen MR) is 146 cm³/mol. The highest BCUT2D eigenvalue weighted by atomic mass is 31.1. The van der Waals surface area contributed by atoms with Gasteiger partial charge in [0.2, 0.25) is 0 Å². The monoisotopic (exact) mass is 555 g/mol. The molecule has 9 nitrogen and oxygen atoms in total. The van der Waals surface area contributed by atoms with Gasteiger partial charge in [0.15, 0.2) is 0 Å². The Morgan fingerprint density at radius 3 is 1.63 bits per heavy atom. The molecule has 41 heavy (non-hydrogen) atoms. The van der Waals surface area contributed by atoms with Gasteiger partial charge in [-0.25, -0.2) is 10.6 Å². The summed E-state index contributed by atoms with van der Waals surface area (Å²) in [7, 11) is -0.967. The number of nitrogens with one attached hydrogen (secondary N) is 2. The summed E-state index contributed by atoms with van der Waals surface area (Å²) in [5, 5.41) is 12.8. The molecule has 0 saturated heterocycles. The van der Waals surface area contributed by atoms with Gasteiger partial charge in [0, 0.05) is 17.8 Å². The highest BCUT2D eigenvalue weighted by Gasteiger charge is 2.66. The van der Waals surface area contributed by atoms with E-state index in [1.165, 1.54) is 26.6 Å². The van der Waals surface area contributed by atoms with Crippen LogP contribution in [0.4, 0.5) is 0 Å². The van der Waals surface area contributed by atoms with E-state index in [9.17, 15) is 0 Å². The Bertz CT molecular complexity index is 2160. The molecule has 8 heterocycles. The van der Waals surface area contributed by atoms with Crippen LogP contribution in [-0.2, 0) is 11.3 Å².